The van der Waals surface area contributed by atoms with Crippen LogP contribution >= 0.6 is 39.1 Å². The van der Waals surface area contributed by atoms with Crippen molar-refractivity contribution in [3.63, 3.8) is 0 Å². The van der Waals surface area contributed by atoms with Crippen LogP contribution in [0.2, 0.25) is 10.0 Å². The molecule has 1 aliphatic heterocycles. The maximum absolute atomic E-state index is 13.2. The van der Waals surface area contributed by atoms with Gasteiger partial charge in [-0.15, -0.1) is 6.58 Å². The summed E-state index contributed by atoms with van der Waals surface area (Å²) in [6.07, 6.45) is 3.96. The summed E-state index contributed by atoms with van der Waals surface area (Å²) >= 11 is 15.7. The maximum atomic E-state index is 13.2. The lowest BCUT2D eigenvalue weighted by Gasteiger charge is -2.36. The summed E-state index contributed by atoms with van der Waals surface area (Å²) < 4.78 is 6.83. The van der Waals surface area contributed by atoms with E-state index in [0.29, 0.717) is 59.5 Å². The number of hydrogen-bond acceptors (Lipinski definition) is 4. The number of carbonyl (C=O) groups excluding carboxylic acids is 1. The molecule has 0 saturated carbocycles. The Hall–Kier alpha value is -3.24. The predicted octanol–water partition coefficient (Wildman–Crippen LogP) is 7.32. The van der Waals surface area contributed by atoms with Crippen molar-refractivity contribution >= 4 is 56.8 Å². The van der Waals surface area contributed by atoms with E-state index in [9.17, 15) is 10.1 Å². The van der Waals surface area contributed by atoms with Crippen LogP contribution in [-0.4, -0.2) is 37.0 Å². The summed E-state index contributed by atoms with van der Waals surface area (Å²) in [5.41, 5.74) is 3.71. The zero-order valence-electron chi connectivity index (χ0n) is 20.7. The number of nitrogens with zero attached hydrogens (tertiary/aromatic N) is 3. The molecule has 1 fully saturated rings. The highest BCUT2D eigenvalue weighted by Gasteiger charge is 2.24. The Morgan fingerprint density at radius 2 is 1.79 bits per heavy atom. The summed E-state index contributed by atoms with van der Waals surface area (Å²) in [5.74, 6) is 0.400. The number of rotatable bonds is 8. The number of ether oxygens (including phenoxy) is 1. The molecule has 1 saturated heterocycles. The summed E-state index contributed by atoms with van der Waals surface area (Å²) in [6.45, 7) is 6.70. The number of halogens is 3. The second-order valence-electron chi connectivity index (χ2n) is 8.81. The van der Waals surface area contributed by atoms with Gasteiger partial charge in [0.1, 0.15) is 24.0 Å². The second-order valence-corrected chi connectivity index (χ2v) is 10.5. The molecule has 0 unspecified atom stereocenters. The smallest absolute Gasteiger partial charge is 0.264 e. The van der Waals surface area contributed by atoms with Gasteiger partial charge in [0.2, 0.25) is 0 Å². The topological polar surface area (TPSA) is 56.6 Å². The molecule has 5 nitrogen and oxygen atoms in total. The van der Waals surface area contributed by atoms with E-state index >= 15 is 0 Å². The van der Waals surface area contributed by atoms with Gasteiger partial charge in [-0.2, -0.15) is 5.26 Å². The van der Waals surface area contributed by atoms with Gasteiger partial charge in [-0.05, 0) is 81.5 Å². The van der Waals surface area contributed by atoms with E-state index in [4.69, 9.17) is 27.9 Å². The van der Waals surface area contributed by atoms with Gasteiger partial charge in [0.15, 0.2) is 0 Å². The molecule has 0 radical (unpaired) electrons. The van der Waals surface area contributed by atoms with E-state index in [2.05, 4.69) is 45.6 Å². The van der Waals surface area contributed by atoms with E-state index < -0.39 is 0 Å². The number of amides is 1. The van der Waals surface area contributed by atoms with Crippen LogP contribution in [0.4, 0.5) is 5.69 Å². The monoisotopic (exact) mass is 609 g/mol. The first-order chi connectivity index (χ1) is 18.4. The highest BCUT2D eigenvalue weighted by molar-refractivity contribution is 9.10. The Morgan fingerprint density at radius 1 is 1.05 bits per heavy atom. The Morgan fingerprint density at radius 3 is 2.45 bits per heavy atom. The first kappa shape index (κ1) is 27.8. The standard InChI is InChI=1S/C30H26BrCl2N3O2/c1-2-6-23-15-22(17-26(31)29(23)38-20-21-9-10-27(32)28(33)18-21)16-24(19-34)30(37)36-13-11-35(12-14-36)25-7-4-3-5-8-25/h2-5,7-10,15-18H,1,6,11-14,20H2/b24-16-. The fraction of sp³-hybridized carbons (Fsp3) is 0.200. The molecular weight excluding hydrogens is 585 g/mol. The molecule has 0 spiro atoms. The Kier molecular flexibility index (Phi) is 9.52. The molecule has 3 aromatic carbocycles. The zero-order valence-corrected chi connectivity index (χ0v) is 23.8. The number of para-hydroxylation sites is 1. The van der Waals surface area contributed by atoms with Crippen LogP contribution in [0.15, 0.2) is 83.4 Å². The SMILES string of the molecule is C=CCc1cc(/C=C(/C#N)C(=O)N2CCN(c3ccccc3)CC2)cc(Br)c1OCc1ccc(Cl)c(Cl)c1. The fourth-order valence-electron chi connectivity index (χ4n) is 4.30. The van der Waals surface area contributed by atoms with Crippen LogP contribution in [0.5, 0.6) is 5.75 Å². The summed E-state index contributed by atoms with van der Waals surface area (Å²) in [7, 11) is 0. The fourth-order valence-corrected chi connectivity index (χ4v) is 5.25. The Labute approximate surface area is 241 Å². The highest BCUT2D eigenvalue weighted by Crippen LogP contribution is 2.34. The van der Waals surface area contributed by atoms with E-state index in [1.807, 2.05) is 36.4 Å². The number of carbonyl (C=O) groups is 1. The lowest BCUT2D eigenvalue weighted by molar-refractivity contribution is -0.126. The first-order valence-electron chi connectivity index (χ1n) is 12.1. The Bertz CT molecular complexity index is 1390. The van der Waals surface area contributed by atoms with Gasteiger partial charge >= 0.3 is 0 Å². The maximum Gasteiger partial charge on any atom is 0.264 e. The van der Waals surface area contributed by atoms with Crippen molar-refractivity contribution in [1.29, 1.82) is 5.26 Å². The van der Waals surface area contributed by atoms with Gasteiger partial charge in [0, 0.05) is 31.9 Å². The van der Waals surface area contributed by atoms with Crippen LogP contribution in [0, 0.1) is 11.3 Å². The number of hydrogen-bond donors (Lipinski definition) is 0. The molecule has 38 heavy (non-hydrogen) atoms. The quantitative estimate of drug-likeness (QED) is 0.152. The van der Waals surface area contributed by atoms with Crippen LogP contribution in [0.3, 0.4) is 0 Å². The molecule has 0 aliphatic carbocycles. The predicted molar refractivity (Wildman–Crippen MR) is 158 cm³/mol. The third-order valence-electron chi connectivity index (χ3n) is 6.22. The minimum absolute atomic E-state index is 0.0964. The van der Waals surface area contributed by atoms with Crippen molar-refractivity contribution in [2.24, 2.45) is 0 Å². The molecule has 1 heterocycles. The summed E-state index contributed by atoms with van der Waals surface area (Å²) in [4.78, 5) is 17.2. The van der Waals surface area contributed by atoms with Gasteiger partial charge < -0.3 is 14.5 Å². The minimum atomic E-state index is -0.262. The van der Waals surface area contributed by atoms with Crippen LogP contribution in [0.1, 0.15) is 16.7 Å². The van der Waals surface area contributed by atoms with Crippen molar-refractivity contribution in [2.75, 3.05) is 31.1 Å². The molecule has 3 aromatic rings. The number of nitriles is 1. The molecule has 1 aliphatic rings. The molecule has 0 aromatic heterocycles. The number of piperazine rings is 1. The lowest BCUT2D eigenvalue weighted by Crippen LogP contribution is -2.49. The van der Waals surface area contributed by atoms with Crippen molar-refractivity contribution in [1.82, 2.24) is 4.90 Å². The largest absolute Gasteiger partial charge is 0.487 e. The van der Waals surface area contributed by atoms with Gasteiger partial charge in [-0.1, -0.05) is 53.5 Å². The first-order valence-corrected chi connectivity index (χ1v) is 13.7. The van der Waals surface area contributed by atoms with Crippen LogP contribution < -0.4 is 9.64 Å². The van der Waals surface area contributed by atoms with E-state index in [-0.39, 0.29) is 11.5 Å². The van der Waals surface area contributed by atoms with Gasteiger partial charge in [-0.3, -0.25) is 4.79 Å². The third kappa shape index (κ3) is 6.79. The molecule has 194 valence electrons. The highest BCUT2D eigenvalue weighted by atomic mass is 79.9. The molecule has 4 rings (SSSR count). The number of anilines is 1. The van der Waals surface area contributed by atoms with Crippen molar-refractivity contribution in [2.45, 2.75) is 13.0 Å². The van der Waals surface area contributed by atoms with Crippen LogP contribution in [0.25, 0.3) is 6.08 Å². The molecule has 0 N–H and O–H groups in total. The van der Waals surface area contributed by atoms with Gasteiger partial charge in [-0.25, -0.2) is 0 Å². The number of allylic oxidation sites excluding steroid dienone is 1. The van der Waals surface area contributed by atoms with E-state index in [0.717, 1.165) is 22.4 Å². The zero-order chi connectivity index (χ0) is 27.1. The van der Waals surface area contributed by atoms with E-state index in [1.165, 1.54) is 0 Å². The van der Waals surface area contributed by atoms with Crippen LogP contribution in [-0.2, 0) is 17.8 Å². The van der Waals surface area contributed by atoms with Gasteiger partial charge in [0.05, 0.1) is 14.5 Å². The minimum Gasteiger partial charge on any atom is -0.487 e. The summed E-state index contributed by atoms with van der Waals surface area (Å²) in [5, 5.41) is 10.8. The van der Waals surface area contributed by atoms with Crippen molar-refractivity contribution in [3.8, 4) is 11.8 Å². The lowest BCUT2D eigenvalue weighted by atomic mass is 10.0. The normalized spacial score (nSPS) is 13.7. The third-order valence-corrected chi connectivity index (χ3v) is 7.55. The van der Waals surface area contributed by atoms with Gasteiger partial charge in [0.25, 0.3) is 5.91 Å². The number of benzene rings is 3. The second kappa shape index (κ2) is 13.0. The summed E-state index contributed by atoms with van der Waals surface area (Å²) in [6, 6.07) is 21.3. The average Bonchev–Trinajstić information content (AvgIpc) is 2.93. The molecule has 0 atom stereocenters. The molecule has 0 bridgehead atoms. The Balaban J connectivity index is 1.49. The molecular formula is C30H26BrCl2N3O2. The van der Waals surface area contributed by atoms with E-state index in [1.54, 1.807) is 29.2 Å². The average molecular weight is 611 g/mol. The van der Waals surface area contributed by atoms with Crippen molar-refractivity contribution in [3.05, 3.63) is 110 Å². The molecule has 1 amide bonds. The molecule has 8 heteroatoms. The van der Waals surface area contributed by atoms with Crippen molar-refractivity contribution < 1.29 is 9.53 Å².